The maximum absolute atomic E-state index is 13.2. The number of rotatable bonds is 54. The molecule has 0 aromatic rings. The first-order valence-electron chi connectivity index (χ1n) is 30.6. The van der Waals surface area contributed by atoms with Crippen molar-refractivity contribution in [2.45, 2.75) is 346 Å². The number of aliphatic hydroxyl groups excluding tert-OH is 4. The van der Waals surface area contributed by atoms with Crippen molar-refractivity contribution in [2.75, 3.05) is 13.2 Å². The zero-order valence-electron chi connectivity index (χ0n) is 46.5. The van der Waals surface area contributed by atoms with E-state index in [1.807, 2.05) is 0 Å². The molecule has 1 aliphatic heterocycles. The van der Waals surface area contributed by atoms with Gasteiger partial charge in [-0.1, -0.05) is 270 Å². The first-order valence-corrected chi connectivity index (χ1v) is 31.9. The second-order valence-electron chi connectivity index (χ2n) is 21.6. The van der Waals surface area contributed by atoms with E-state index in [0.717, 1.165) is 51.4 Å². The Hall–Kier alpha value is -1.16. The molecule has 428 valence electrons. The lowest BCUT2D eigenvalue weighted by molar-refractivity contribution is -0.298. The highest BCUT2D eigenvalue weighted by Crippen LogP contribution is 2.26. The van der Waals surface area contributed by atoms with Crippen LogP contribution in [-0.4, -0.2) is 95.4 Å². The van der Waals surface area contributed by atoms with Gasteiger partial charge in [0, 0.05) is 6.42 Å². The number of carbonyl (C=O) groups is 1. The van der Waals surface area contributed by atoms with Crippen molar-refractivity contribution < 1.29 is 51.8 Å². The molecule has 1 rings (SSSR count). The highest BCUT2D eigenvalue weighted by molar-refractivity contribution is 7.80. The summed E-state index contributed by atoms with van der Waals surface area (Å²) in [4.78, 5) is 13.2. The lowest BCUT2D eigenvalue weighted by Gasteiger charge is -2.41. The first kappa shape index (κ1) is 68.9. The minimum atomic E-state index is -5.08. The zero-order chi connectivity index (χ0) is 52.6. The van der Waals surface area contributed by atoms with Gasteiger partial charge in [-0.2, -0.15) is 8.42 Å². The molecule has 0 saturated carbocycles. The molecule has 72 heavy (non-hydrogen) atoms. The number of allylic oxidation sites excluding steroid dienone is 2. The van der Waals surface area contributed by atoms with E-state index in [1.54, 1.807) is 0 Å². The van der Waals surface area contributed by atoms with Crippen LogP contribution in [0.25, 0.3) is 0 Å². The predicted molar refractivity (Wildman–Crippen MR) is 296 cm³/mol. The maximum Gasteiger partial charge on any atom is 0.397 e. The fourth-order valence-electron chi connectivity index (χ4n) is 10.1. The highest BCUT2D eigenvalue weighted by atomic mass is 32.3. The van der Waals surface area contributed by atoms with Gasteiger partial charge in [0.2, 0.25) is 5.91 Å². The monoisotopic (exact) mass is 1050 g/mol. The van der Waals surface area contributed by atoms with Gasteiger partial charge in [-0.15, -0.1) is 0 Å². The van der Waals surface area contributed by atoms with Gasteiger partial charge in [-0.25, -0.2) is 4.18 Å². The van der Waals surface area contributed by atoms with Crippen LogP contribution in [0.4, 0.5) is 0 Å². The van der Waals surface area contributed by atoms with E-state index < -0.39 is 59.9 Å². The van der Waals surface area contributed by atoms with Gasteiger partial charge in [0.25, 0.3) is 0 Å². The van der Waals surface area contributed by atoms with Crippen LogP contribution in [-0.2, 0) is 28.9 Å². The SMILES string of the molecule is CCCCCCCCCCCCC/C=C\CCCCCCCCCC(=O)NC(COC1OC(CO)C(O)C(OS(=O)(=O)O)C1O)C(O)CCCCCCCCCCCCCCCCCCCCCCCCC. The maximum atomic E-state index is 13.2. The van der Waals surface area contributed by atoms with Crippen molar-refractivity contribution >= 4 is 16.3 Å². The van der Waals surface area contributed by atoms with Gasteiger partial charge in [0.15, 0.2) is 6.29 Å². The van der Waals surface area contributed by atoms with Crippen molar-refractivity contribution in [1.82, 2.24) is 5.32 Å². The minimum absolute atomic E-state index is 0.228. The average Bonchev–Trinajstić information content (AvgIpc) is 3.36. The fourth-order valence-corrected chi connectivity index (χ4v) is 10.6. The lowest BCUT2D eigenvalue weighted by Crippen LogP contribution is -2.61. The number of amides is 1. The van der Waals surface area contributed by atoms with Crippen LogP contribution >= 0.6 is 0 Å². The van der Waals surface area contributed by atoms with Crippen LogP contribution in [0.2, 0.25) is 0 Å². The molecular formula is C59H115NO11S. The summed E-state index contributed by atoms with van der Waals surface area (Å²) in [6.07, 6.45) is 50.7. The Morgan fingerprint density at radius 2 is 0.889 bits per heavy atom. The molecule has 0 aliphatic carbocycles. The Kier molecular flexibility index (Phi) is 47.3. The first-order chi connectivity index (χ1) is 35.0. The van der Waals surface area contributed by atoms with Gasteiger partial charge in [0.1, 0.15) is 24.4 Å². The van der Waals surface area contributed by atoms with Crippen molar-refractivity contribution in [3.8, 4) is 0 Å². The molecule has 6 N–H and O–H groups in total. The van der Waals surface area contributed by atoms with E-state index in [1.165, 1.54) is 218 Å². The van der Waals surface area contributed by atoms with Gasteiger partial charge in [-0.05, 0) is 38.5 Å². The molecule has 1 fully saturated rings. The third-order valence-electron chi connectivity index (χ3n) is 14.8. The second kappa shape index (κ2) is 49.4. The van der Waals surface area contributed by atoms with E-state index in [9.17, 15) is 38.2 Å². The van der Waals surface area contributed by atoms with Crippen LogP contribution in [0.1, 0.15) is 303 Å². The Morgan fingerprint density at radius 3 is 1.25 bits per heavy atom. The molecule has 13 heteroatoms. The molecule has 7 unspecified atom stereocenters. The second-order valence-corrected chi connectivity index (χ2v) is 22.7. The van der Waals surface area contributed by atoms with E-state index in [0.29, 0.717) is 12.8 Å². The highest BCUT2D eigenvalue weighted by Gasteiger charge is 2.48. The number of ether oxygens (including phenoxy) is 2. The van der Waals surface area contributed by atoms with Crippen LogP contribution in [0.3, 0.4) is 0 Å². The Bertz CT molecular complexity index is 1320. The van der Waals surface area contributed by atoms with Crippen LogP contribution in [0, 0.1) is 0 Å². The van der Waals surface area contributed by atoms with Crippen LogP contribution < -0.4 is 5.32 Å². The largest absolute Gasteiger partial charge is 0.397 e. The molecule has 0 radical (unpaired) electrons. The molecule has 0 bridgehead atoms. The molecule has 7 atom stereocenters. The van der Waals surface area contributed by atoms with Gasteiger partial charge < -0.3 is 35.2 Å². The number of aliphatic hydroxyl groups is 4. The smallest absolute Gasteiger partial charge is 0.394 e. The van der Waals surface area contributed by atoms with Gasteiger partial charge in [-0.3, -0.25) is 9.35 Å². The lowest BCUT2D eigenvalue weighted by atomic mass is 9.99. The van der Waals surface area contributed by atoms with E-state index in [2.05, 4.69) is 35.5 Å². The van der Waals surface area contributed by atoms with E-state index in [4.69, 9.17) is 9.47 Å². The summed E-state index contributed by atoms with van der Waals surface area (Å²) < 4.78 is 48.0. The topological polar surface area (TPSA) is 192 Å². The van der Waals surface area contributed by atoms with Crippen molar-refractivity contribution in [3.05, 3.63) is 12.2 Å². The fraction of sp³-hybridized carbons (Fsp3) is 0.949. The van der Waals surface area contributed by atoms with Crippen molar-refractivity contribution in [1.29, 1.82) is 0 Å². The summed E-state index contributed by atoms with van der Waals surface area (Å²) >= 11 is 0. The predicted octanol–water partition coefficient (Wildman–Crippen LogP) is 14.6. The average molecular weight is 1050 g/mol. The van der Waals surface area contributed by atoms with Crippen LogP contribution in [0.15, 0.2) is 12.2 Å². The van der Waals surface area contributed by atoms with Crippen molar-refractivity contribution in [3.63, 3.8) is 0 Å². The molecule has 1 aliphatic rings. The standard InChI is InChI=1S/C59H115NO11S/c1-3-5-7-9-11-13-15-17-19-21-23-25-27-28-30-32-34-36-38-40-42-44-46-48-53(62)52(51-69-59-57(65)58(71-72(66,67)68)56(64)54(50-61)70-59)60-55(63)49-47-45-43-41-39-37-35-33-31-29-26-24-22-20-18-16-14-12-10-8-6-4-2/h29,31,52-54,56-59,61-62,64-65H,3-28,30,32-51H2,1-2H3,(H,60,63)(H,66,67,68)/b31-29-. The summed E-state index contributed by atoms with van der Waals surface area (Å²) in [5.41, 5.74) is 0. The molecule has 12 nitrogen and oxygen atoms in total. The zero-order valence-corrected chi connectivity index (χ0v) is 47.3. The Morgan fingerprint density at radius 1 is 0.542 bits per heavy atom. The summed E-state index contributed by atoms with van der Waals surface area (Å²) in [6.45, 7) is 3.50. The molecule has 0 aromatic carbocycles. The molecule has 1 heterocycles. The van der Waals surface area contributed by atoms with E-state index >= 15 is 0 Å². The minimum Gasteiger partial charge on any atom is -0.394 e. The molecule has 1 saturated heterocycles. The molecule has 1 amide bonds. The van der Waals surface area contributed by atoms with Gasteiger partial charge in [0.05, 0.1) is 25.4 Å². The van der Waals surface area contributed by atoms with Crippen LogP contribution in [0.5, 0.6) is 0 Å². The number of unbranched alkanes of at least 4 members (excludes halogenated alkanes) is 40. The Balaban J connectivity index is 2.33. The van der Waals surface area contributed by atoms with E-state index in [-0.39, 0.29) is 18.9 Å². The number of hydrogen-bond donors (Lipinski definition) is 6. The van der Waals surface area contributed by atoms with Crippen molar-refractivity contribution in [2.24, 2.45) is 0 Å². The molecule has 0 spiro atoms. The molecule has 0 aromatic heterocycles. The molecular weight excluding hydrogens is 931 g/mol. The quantitative estimate of drug-likeness (QED) is 0.0193. The third-order valence-corrected chi connectivity index (χ3v) is 15.3. The number of hydrogen-bond acceptors (Lipinski definition) is 10. The summed E-state index contributed by atoms with van der Waals surface area (Å²) in [5.74, 6) is -0.228. The summed E-state index contributed by atoms with van der Waals surface area (Å²) in [6, 6.07) is -0.859. The van der Waals surface area contributed by atoms with Gasteiger partial charge >= 0.3 is 10.4 Å². The number of carbonyl (C=O) groups excluding carboxylic acids is 1. The summed E-state index contributed by atoms with van der Waals surface area (Å²) in [7, 11) is -5.08. The number of nitrogens with one attached hydrogen (secondary N) is 1. The third kappa shape index (κ3) is 41.1. The normalized spacial score (nSPS) is 19.3. The summed E-state index contributed by atoms with van der Waals surface area (Å²) in [5, 5.41) is 45.2. The Labute approximate surface area is 442 Å².